The Bertz CT molecular complexity index is 1260. The number of rotatable bonds is 9. The molecule has 3 rings (SSSR count). The van der Waals surface area contributed by atoms with Crippen LogP contribution in [0.1, 0.15) is 28.1 Å². The highest BCUT2D eigenvalue weighted by molar-refractivity contribution is 7.92. The Morgan fingerprint density at radius 2 is 2.06 bits per heavy atom. The second-order valence-electron chi connectivity index (χ2n) is 7.75. The molecule has 35 heavy (non-hydrogen) atoms. The van der Waals surface area contributed by atoms with Crippen LogP contribution in [0, 0.1) is 5.82 Å². The lowest BCUT2D eigenvalue weighted by atomic mass is 10.1. The summed E-state index contributed by atoms with van der Waals surface area (Å²) < 4.78 is 42.5. The van der Waals surface area contributed by atoms with E-state index in [4.69, 9.17) is 11.6 Å². The van der Waals surface area contributed by atoms with Gasteiger partial charge in [0, 0.05) is 49.5 Å². The summed E-state index contributed by atoms with van der Waals surface area (Å²) in [5, 5.41) is 3.41. The van der Waals surface area contributed by atoms with Gasteiger partial charge in [0.1, 0.15) is 11.9 Å². The Morgan fingerprint density at radius 3 is 2.69 bits per heavy atom. The molecule has 2 N–H and O–H groups in total. The SMILES string of the molecule is CNC(=O)CCN(C)C(=O)c1ccc(N2CCC(NS(=O)(=O)C=Cc3ccc(Cl)s3)C2=O)c(F)c1. The summed E-state index contributed by atoms with van der Waals surface area (Å²) in [5.74, 6) is -2.09. The minimum Gasteiger partial charge on any atom is -0.359 e. The lowest BCUT2D eigenvalue weighted by Gasteiger charge is -2.20. The van der Waals surface area contributed by atoms with Crippen LogP contribution in [0.4, 0.5) is 10.1 Å². The van der Waals surface area contributed by atoms with Crippen molar-refractivity contribution in [3.05, 3.63) is 56.3 Å². The maximum absolute atomic E-state index is 14.9. The van der Waals surface area contributed by atoms with Crippen molar-refractivity contribution in [2.24, 2.45) is 0 Å². The minimum atomic E-state index is -3.93. The number of hydrogen-bond acceptors (Lipinski definition) is 6. The standard InChI is InChI=1S/C22H24ClFN4O5S2/c1-25-20(29)8-10-27(2)21(30)14-3-5-18(16(24)13-14)28-11-7-17(22(28)31)26-35(32,33)12-9-15-4-6-19(23)34-15/h3-6,9,12-13,17,26H,7-8,10-11H2,1-2H3,(H,25,29). The van der Waals surface area contributed by atoms with Crippen molar-refractivity contribution in [3.63, 3.8) is 0 Å². The molecule has 0 aliphatic carbocycles. The highest BCUT2D eigenvalue weighted by Crippen LogP contribution is 2.27. The van der Waals surface area contributed by atoms with Gasteiger partial charge in [0.15, 0.2) is 0 Å². The van der Waals surface area contributed by atoms with Gasteiger partial charge in [-0.25, -0.2) is 12.8 Å². The third-order valence-corrected chi connectivity index (χ3v) is 7.61. The molecule has 188 valence electrons. The van der Waals surface area contributed by atoms with Gasteiger partial charge in [-0.05, 0) is 42.8 Å². The fraction of sp³-hybridized carbons (Fsp3) is 0.318. The van der Waals surface area contributed by atoms with Gasteiger partial charge < -0.3 is 15.1 Å². The third-order valence-electron chi connectivity index (χ3n) is 5.30. The van der Waals surface area contributed by atoms with Gasteiger partial charge in [-0.2, -0.15) is 4.72 Å². The quantitative estimate of drug-likeness (QED) is 0.505. The van der Waals surface area contributed by atoms with E-state index in [9.17, 15) is 27.2 Å². The highest BCUT2D eigenvalue weighted by atomic mass is 35.5. The van der Waals surface area contributed by atoms with Crippen LogP contribution >= 0.6 is 22.9 Å². The molecule has 2 heterocycles. The first-order valence-corrected chi connectivity index (χ1v) is 13.3. The molecule has 1 saturated heterocycles. The molecule has 1 fully saturated rings. The van der Waals surface area contributed by atoms with Crippen molar-refractivity contribution in [3.8, 4) is 0 Å². The van der Waals surface area contributed by atoms with E-state index >= 15 is 0 Å². The van der Waals surface area contributed by atoms with Gasteiger partial charge >= 0.3 is 0 Å². The van der Waals surface area contributed by atoms with Crippen molar-refractivity contribution in [1.82, 2.24) is 14.9 Å². The second kappa shape index (κ2) is 11.3. The molecular formula is C22H24ClFN4O5S2. The minimum absolute atomic E-state index is 0.0509. The lowest BCUT2D eigenvalue weighted by molar-refractivity contribution is -0.121. The third kappa shape index (κ3) is 6.88. The molecule has 3 amide bonds. The molecule has 9 nitrogen and oxygen atoms in total. The Hall–Kier alpha value is -2.80. The Morgan fingerprint density at radius 1 is 1.31 bits per heavy atom. The van der Waals surface area contributed by atoms with Crippen LogP contribution in [-0.4, -0.2) is 64.3 Å². The van der Waals surface area contributed by atoms with Gasteiger partial charge in [-0.15, -0.1) is 11.3 Å². The normalized spacial score (nSPS) is 16.2. The van der Waals surface area contributed by atoms with Gasteiger partial charge in [0.2, 0.25) is 21.8 Å². The van der Waals surface area contributed by atoms with Crippen molar-refractivity contribution in [1.29, 1.82) is 0 Å². The molecule has 0 saturated carbocycles. The predicted molar refractivity (Wildman–Crippen MR) is 133 cm³/mol. The molecule has 1 aromatic heterocycles. The fourth-order valence-electron chi connectivity index (χ4n) is 3.42. The molecule has 1 aromatic carbocycles. The molecule has 1 aliphatic heterocycles. The van der Waals surface area contributed by atoms with Crippen molar-refractivity contribution in [2.75, 3.05) is 32.1 Å². The monoisotopic (exact) mass is 542 g/mol. The molecule has 1 atom stereocenters. The van der Waals surface area contributed by atoms with Gasteiger partial charge in [0.05, 0.1) is 10.0 Å². The molecular weight excluding hydrogens is 519 g/mol. The number of thiophene rings is 1. The number of halogens is 2. The van der Waals surface area contributed by atoms with Crippen LogP contribution in [0.2, 0.25) is 4.34 Å². The zero-order valence-corrected chi connectivity index (χ0v) is 21.3. The smallest absolute Gasteiger partial charge is 0.253 e. The first-order valence-electron chi connectivity index (χ1n) is 10.5. The Labute approximate surface area is 211 Å². The maximum Gasteiger partial charge on any atom is 0.253 e. The summed E-state index contributed by atoms with van der Waals surface area (Å²) in [4.78, 5) is 39.8. The molecule has 0 bridgehead atoms. The van der Waals surface area contributed by atoms with Gasteiger partial charge in [-0.1, -0.05) is 11.6 Å². The van der Waals surface area contributed by atoms with Crippen molar-refractivity contribution < 1.29 is 27.2 Å². The number of carbonyl (C=O) groups excluding carboxylic acids is 3. The first kappa shape index (κ1) is 26.8. The van der Waals surface area contributed by atoms with Gasteiger partial charge in [-0.3, -0.25) is 14.4 Å². The highest BCUT2D eigenvalue weighted by Gasteiger charge is 2.36. The molecule has 1 unspecified atom stereocenters. The van der Waals surface area contributed by atoms with E-state index < -0.39 is 33.7 Å². The number of amides is 3. The number of anilines is 1. The number of sulfonamides is 1. The van der Waals surface area contributed by atoms with E-state index in [0.717, 1.165) is 16.4 Å². The average Bonchev–Trinajstić information content (AvgIpc) is 3.40. The second-order valence-corrected chi connectivity index (χ2v) is 11.1. The van der Waals surface area contributed by atoms with Crippen molar-refractivity contribution >= 4 is 62.4 Å². The predicted octanol–water partition coefficient (Wildman–Crippen LogP) is 2.44. The van der Waals surface area contributed by atoms with E-state index in [1.165, 1.54) is 48.5 Å². The van der Waals surface area contributed by atoms with Crippen LogP contribution in [0.3, 0.4) is 0 Å². The largest absolute Gasteiger partial charge is 0.359 e. The number of nitrogens with one attached hydrogen (secondary N) is 2. The number of nitrogens with zero attached hydrogens (tertiary/aromatic N) is 2. The summed E-state index contributed by atoms with van der Waals surface area (Å²) in [6.07, 6.45) is 1.63. The zero-order valence-electron chi connectivity index (χ0n) is 19.0. The van der Waals surface area contributed by atoms with Gasteiger partial charge in [0.25, 0.3) is 5.91 Å². The molecule has 0 spiro atoms. The van der Waals surface area contributed by atoms with Crippen LogP contribution in [0.25, 0.3) is 6.08 Å². The summed E-state index contributed by atoms with van der Waals surface area (Å²) in [6, 6.07) is 5.97. The van der Waals surface area contributed by atoms with Crippen LogP contribution in [0.5, 0.6) is 0 Å². The summed E-state index contributed by atoms with van der Waals surface area (Å²) >= 11 is 7.04. The van der Waals surface area contributed by atoms with E-state index in [1.54, 1.807) is 12.1 Å². The fourth-order valence-corrected chi connectivity index (χ4v) is 5.48. The van der Waals surface area contributed by atoms with E-state index in [2.05, 4.69) is 10.0 Å². The van der Waals surface area contributed by atoms with E-state index in [-0.39, 0.29) is 43.1 Å². The molecule has 13 heteroatoms. The Balaban J connectivity index is 1.65. The molecule has 0 radical (unpaired) electrons. The summed E-state index contributed by atoms with van der Waals surface area (Å²) in [7, 11) is -0.940. The molecule has 1 aliphatic rings. The number of carbonyl (C=O) groups is 3. The van der Waals surface area contributed by atoms with Crippen LogP contribution in [-0.2, 0) is 19.6 Å². The van der Waals surface area contributed by atoms with E-state index in [0.29, 0.717) is 9.21 Å². The average molecular weight is 543 g/mol. The topological polar surface area (TPSA) is 116 Å². The van der Waals surface area contributed by atoms with Crippen LogP contribution < -0.4 is 14.9 Å². The van der Waals surface area contributed by atoms with Crippen LogP contribution in [0.15, 0.2) is 35.7 Å². The van der Waals surface area contributed by atoms with E-state index in [1.807, 2.05) is 0 Å². The lowest BCUT2D eigenvalue weighted by Crippen LogP contribution is -2.41. The summed E-state index contributed by atoms with van der Waals surface area (Å²) in [5.41, 5.74) is 0.0124. The Kier molecular flexibility index (Phi) is 8.65. The molecule has 2 aromatic rings. The maximum atomic E-state index is 14.9. The zero-order chi connectivity index (χ0) is 25.8. The summed E-state index contributed by atoms with van der Waals surface area (Å²) in [6.45, 7) is 0.259. The number of benzene rings is 1. The number of hydrogen-bond donors (Lipinski definition) is 2. The first-order chi connectivity index (χ1) is 16.5. The van der Waals surface area contributed by atoms with Crippen molar-refractivity contribution in [2.45, 2.75) is 18.9 Å².